The van der Waals surface area contributed by atoms with Gasteiger partial charge in [0.05, 0.1) is 4.92 Å². The molecule has 3 rings (SSSR count). The van der Waals surface area contributed by atoms with Gasteiger partial charge in [0, 0.05) is 21.7 Å². The predicted octanol–water partition coefficient (Wildman–Crippen LogP) is 4.92. The van der Waals surface area contributed by atoms with E-state index >= 15 is 0 Å². The molecule has 1 heterocycles. The fraction of sp³-hybridized carbons (Fsp3) is 0.125. The second-order valence-electron chi connectivity index (χ2n) is 5.12. The number of ether oxygens (including phenoxy) is 1. The highest BCUT2D eigenvalue weighted by Gasteiger charge is 2.68. The van der Waals surface area contributed by atoms with E-state index in [4.69, 9.17) is 4.74 Å². The van der Waals surface area contributed by atoms with Crippen LogP contribution in [0.3, 0.4) is 0 Å². The third-order valence-electron chi connectivity index (χ3n) is 3.66. The minimum atomic E-state index is -5.03. The quantitative estimate of drug-likeness (QED) is 0.532. The zero-order valence-corrected chi connectivity index (χ0v) is 13.5. The van der Waals surface area contributed by atoms with Crippen LogP contribution in [-0.2, 0) is 5.60 Å². The van der Waals surface area contributed by atoms with Gasteiger partial charge in [-0.1, -0.05) is 46.3 Å². The second kappa shape index (κ2) is 5.62. The molecule has 2 aromatic carbocycles. The Labute approximate surface area is 142 Å². The second-order valence-corrected chi connectivity index (χ2v) is 6.03. The van der Waals surface area contributed by atoms with E-state index in [1.807, 2.05) is 0 Å². The summed E-state index contributed by atoms with van der Waals surface area (Å²) in [4.78, 5) is 10.4. The highest BCUT2D eigenvalue weighted by atomic mass is 79.9. The first-order chi connectivity index (χ1) is 11.3. The molecule has 0 aliphatic carbocycles. The van der Waals surface area contributed by atoms with Gasteiger partial charge in [0.1, 0.15) is 5.75 Å². The van der Waals surface area contributed by atoms with Crippen molar-refractivity contribution < 1.29 is 22.8 Å². The molecule has 4 nitrogen and oxygen atoms in total. The van der Waals surface area contributed by atoms with Crippen LogP contribution in [0.15, 0.2) is 58.7 Å². The molecular formula is C16H9BrF3NO3. The lowest BCUT2D eigenvalue weighted by molar-refractivity contribution is -0.458. The van der Waals surface area contributed by atoms with Crippen molar-refractivity contribution in [1.82, 2.24) is 0 Å². The molecule has 1 aliphatic rings. The van der Waals surface area contributed by atoms with Crippen molar-refractivity contribution in [2.45, 2.75) is 11.8 Å². The number of fused-ring (bicyclic) bond motifs is 1. The molecular weight excluding hydrogens is 391 g/mol. The predicted molar refractivity (Wildman–Crippen MR) is 83.9 cm³/mol. The van der Waals surface area contributed by atoms with E-state index in [1.165, 1.54) is 36.4 Å². The summed E-state index contributed by atoms with van der Waals surface area (Å²) in [5.74, 6) is -0.0787. The summed E-state index contributed by atoms with van der Waals surface area (Å²) in [7, 11) is 0. The van der Waals surface area contributed by atoms with Crippen molar-refractivity contribution in [1.29, 1.82) is 0 Å². The van der Waals surface area contributed by atoms with Crippen molar-refractivity contribution in [3.63, 3.8) is 0 Å². The molecule has 1 atom stereocenters. The summed E-state index contributed by atoms with van der Waals surface area (Å²) in [5.41, 5.74) is -4.40. The minimum Gasteiger partial charge on any atom is -0.462 e. The molecule has 0 amide bonds. The number of nitrogens with zero attached hydrogens (tertiary/aromatic N) is 1. The number of hydrogen-bond acceptors (Lipinski definition) is 3. The molecule has 0 aromatic heterocycles. The fourth-order valence-corrected chi connectivity index (χ4v) is 3.00. The number of hydrogen-bond donors (Lipinski definition) is 0. The molecule has 0 radical (unpaired) electrons. The highest BCUT2D eigenvalue weighted by molar-refractivity contribution is 9.10. The summed E-state index contributed by atoms with van der Waals surface area (Å²) < 4.78 is 47.8. The van der Waals surface area contributed by atoms with Crippen LogP contribution in [0, 0.1) is 10.1 Å². The molecule has 0 saturated carbocycles. The summed E-state index contributed by atoms with van der Waals surface area (Å²) in [6.45, 7) is 0. The van der Waals surface area contributed by atoms with Crippen LogP contribution >= 0.6 is 15.9 Å². The molecule has 8 heteroatoms. The zero-order valence-electron chi connectivity index (χ0n) is 11.9. The van der Waals surface area contributed by atoms with Crippen molar-refractivity contribution >= 4 is 22.0 Å². The maximum absolute atomic E-state index is 14.0. The lowest BCUT2D eigenvalue weighted by Gasteiger charge is -2.36. The SMILES string of the molecule is O=[N+]([O-])C1=Cc2cc(Br)ccc2OC1(c1ccccc1)C(F)(F)F. The Balaban J connectivity index is 2.34. The smallest absolute Gasteiger partial charge is 0.443 e. The van der Waals surface area contributed by atoms with Gasteiger partial charge in [-0.15, -0.1) is 0 Å². The van der Waals surface area contributed by atoms with E-state index in [9.17, 15) is 23.3 Å². The summed E-state index contributed by atoms with van der Waals surface area (Å²) in [6, 6.07) is 10.9. The largest absolute Gasteiger partial charge is 0.462 e. The van der Waals surface area contributed by atoms with Gasteiger partial charge in [0.15, 0.2) is 0 Å². The van der Waals surface area contributed by atoms with Crippen LogP contribution in [0.25, 0.3) is 6.08 Å². The Bertz CT molecular complexity index is 836. The van der Waals surface area contributed by atoms with Gasteiger partial charge in [-0.25, -0.2) is 0 Å². The molecule has 0 spiro atoms. The van der Waals surface area contributed by atoms with Crippen LogP contribution < -0.4 is 4.74 Å². The first-order valence-corrected chi connectivity index (χ1v) is 7.52. The molecule has 0 N–H and O–H groups in total. The van der Waals surface area contributed by atoms with Crippen molar-refractivity contribution in [2.75, 3.05) is 0 Å². The first-order valence-electron chi connectivity index (χ1n) is 6.73. The minimum absolute atomic E-state index is 0.0787. The molecule has 124 valence electrons. The summed E-state index contributed by atoms with van der Waals surface area (Å²) in [5, 5.41) is 11.4. The van der Waals surface area contributed by atoms with Gasteiger partial charge in [-0.2, -0.15) is 13.2 Å². The van der Waals surface area contributed by atoms with Crippen LogP contribution in [0.2, 0.25) is 0 Å². The van der Waals surface area contributed by atoms with E-state index in [1.54, 1.807) is 0 Å². The highest BCUT2D eigenvalue weighted by Crippen LogP contribution is 2.51. The molecule has 0 fully saturated rings. The lowest BCUT2D eigenvalue weighted by Crippen LogP contribution is -2.52. The zero-order chi connectivity index (χ0) is 17.5. The third kappa shape index (κ3) is 2.47. The van der Waals surface area contributed by atoms with Crippen LogP contribution in [0.5, 0.6) is 5.75 Å². The normalized spacial score (nSPS) is 19.9. The Morgan fingerprint density at radius 2 is 1.79 bits per heavy atom. The van der Waals surface area contributed by atoms with E-state index in [0.717, 1.165) is 18.2 Å². The van der Waals surface area contributed by atoms with Crippen molar-refractivity contribution in [2.24, 2.45) is 0 Å². The summed E-state index contributed by atoms with van der Waals surface area (Å²) in [6.07, 6.45) is -4.12. The molecule has 2 aromatic rings. The Kier molecular flexibility index (Phi) is 3.87. The number of halogens is 4. The molecule has 24 heavy (non-hydrogen) atoms. The monoisotopic (exact) mass is 399 g/mol. The van der Waals surface area contributed by atoms with E-state index < -0.39 is 22.4 Å². The van der Waals surface area contributed by atoms with Crippen LogP contribution in [-0.4, -0.2) is 11.1 Å². The fourth-order valence-electron chi connectivity index (χ4n) is 2.62. The number of rotatable bonds is 2. The third-order valence-corrected chi connectivity index (χ3v) is 4.16. The van der Waals surface area contributed by atoms with Crippen LogP contribution in [0.1, 0.15) is 11.1 Å². The Hall–Kier alpha value is -2.35. The molecule has 0 saturated heterocycles. The van der Waals surface area contributed by atoms with Gasteiger partial charge in [0.25, 0.3) is 0 Å². The number of benzene rings is 2. The summed E-state index contributed by atoms with van der Waals surface area (Å²) >= 11 is 3.18. The van der Waals surface area contributed by atoms with Gasteiger partial charge >= 0.3 is 17.5 Å². The Morgan fingerprint density at radius 3 is 2.38 bits per heavy atom. The van der Waals surface area contributed by atoms with Gasteiger partial charge in [-0.05, 0) is 18.2 Å². The molecule has 1 unspecified atom stereocenters. The van der Waals surface area contributed by atoms with Gasteiger partial charge in [-0.3, -0.25) is 10.1 Å². The van der Waals surface area contributed by atoms with Crippen LogP contribution in [0.4, 0.5) is 13.2 Å². The molecule has 1 aliphatic heterocycles. The topological polar surface area (TPSA) is 52.4 Å². The van der Waals surface area contributed by atoms with Gasteiger partial charge in [0.2, 0.25) is 0 Å². The first kappa shape index (κ1) is 16.5. The average Bonchev–Trinajstić information content (AvgIpc) is 2.53. The van der Waals surface area contributed by atoms with E-state index in [-0.39, 0.29) is 16.9 Å². The number of nitro groups is 1. The van der Waals surface area contributed by atoms with E-state index in [2.05, 4.69) is 15.9 Å². The van der Waals surface area contributed by atoms with Crippen molar-refractivity contribution in [3.8, 4) is 5.75 Å². The lowest BCUT2D eigenvalue weighted by atomic mass is 9.86. The maximum Gasteiger partial charge on any atom is 0.443 e. The number of alkyl halides is 3. The maximum atomic E-state index is 14.0. The average molecular weight is 400 g/mol. The standard InChI is InChI=1S/C16H9BrF3NO3/c17-12-6-7-13-10(8-12)9-14(21(22)23)15(24-13,16(18,19)20)11-4-2-1-3-5-11/h1-9H. The van der Waals surface area contributed by atoms with Crippen molar-refractivity contribution in [3.05, 3.63) is 79.9 Å². The van der Waals surface area contributed by atoms with Gasteiger partial charge < -0.3 is 4.74 Å². The Morgan fingerprint density at radius 1 is 1.12 bits per heavy atom. The van der Waals surface area contributed by atoms with E-state index in [0.29, 0.717) is 4.47 Å². The molecule has 0 bridgehead atoms.